The highest BCUT2D eigenvalue weighted by Gasteiger charge is 2.12. The molecule has 2 aromatic rings. The number of aryl methyl sites for hydroxylation is 1. The van der Waals surface area contributed by atoms with Crippen LogP contribution in [-0.2, 0) is 6.42 Å². The quantitative estimate of drug-likeness (QED) is 0.771. The SMILES string of the molecule is CCCc1ccc(C(N)c2ccc(Br)cc2Br)cc1. The number of halogens is 2. The molecule has 0 heterocycles. The molecule has 0 aliphatic rings. The lowest BCUT2D eigenvalue weighted by Gasteiger charge is -2.15. The van der Waals surface area contributed by atoms with Crippen LogP contribution in [0.4, 0.5) is 0 Å². The number of rotatable bonds is 4. The molecule has 0 aliphatic carbocycles. The third-order valence-electron chi connectivity index (χ3n) is 3.18. The lowest BCUT2D eigenvalue weighted by molar-refractivity contribution is 0.860. The molecule has 1 unspecified atom stereocenters. The molecule has 0 spiro atoms. The van der Waals surface area contributed by atoms with Crippen LogP contribution in [0.5, 0.6) is 0 Å². The standard InChI is InChI=1S/C16H17Br2N/c1-2-3-11-4-6-12(7-5-11)16(19)14-9-8-13(17)10-15(14)18/h4-10,16H,2-3,19H2,1H3. The van der Waals surface area contributed by atoms with Crippen molar-refractivity contribution in [1.29, 1.82) is 0 Å². The van der Waals surface area contributed by atoms with Gasteiger partial charge in [0.2, 0.25) is 0 Å². The van der Waals surface area contributed by atoms with Gasteiger partial charge in [-0.15, -0.1) is 0 Å². The van der Waals surface area contributed by atoms with Crippen LogP contribution in [0.2, 0.25) is 0 Å². The lowest BCUT2D eigenvalue weighted by Crippen LogP contribution is -2.12. The highest BCUT2D eigenvalue weighted by Crippen LogP contribution is 2.29. The minimum absolute atomic E-state index is 0.0989. The van der Waals surface area contributed by atoms with Gasteiger partial charge in [-0.25, -0.2) is 0 Å². The molecule has 2 N–H and O–H groups in total. The van der Waals surface area contributed by atoms with E-state index in [-0.39, 0.29) is 6.04 Å². The Bertz CT molecular complexity index is 549. The van der Waals surface area contributed by atoms with E-state index in [1.807, 2.05) is 12.1 Å². The average molecular weight is 383 g/mol. The minimum atomic E-state index is -0.0989. The van der Waals surface area contributed by atoms with Gasteiger partial charge in [0.05, 0.1) is 6.04 Å². The van der Waals surface area contributed by atoms with Gasteiger partial charge in [0.25, 0.3) is 0 Å². The van der Waals surface area contributed by atoms with Crippen molar-refractivity contribution in [2.75, 3.05) is 0 Å². The molecule has 0 fully saturated rings. The van der Waals surface area contributed by atoms with E-state index in [0.29, 0.717) is 0 Å². The van der Waals surface area contributed by atoms with Crippen molar-refractivity contribution in [3.05, 3.63) is 68.1 Å². The van der Waals surface area contributed by atoms with E-state index in [9.17, 15) is 0 Å². The Morgan fingerprint density at radius 3 is 2.32 bits per heavy atom. The molecule has 0 aromatic heterocycles. The predicted octanol–water partition coefficient (Wildman–Crippen LogP) is 5.21. The molecule has 100 valence electrons. The Hall–Kier alpha value is -0.640. The van der Waals surface area contributed by atoms with Crippen LogP contribution in [0, 0.1) is 0 Å². The second kappa shape index (κ2) is 6.69. The van der Waals surface area contributed by atoms with E-state index in [1.165, 1.54) is 12.0 Å². The van der Waals surface area contributed by atoms with Crippen LogP contribution in [0.15, 0.2) is 51.4 Å². The van der Waals surface area contributed by atoms with E-state index in [0.717, 1.165) is 26.5 Å². The summed E-state index contributed by atoms with van der Waals surface area (Å²) >= 11 is 7.03. The molecular formula is C16H17Br2N. The van der Waals surface area contributed by atoms with Gasteiger partial charge in [-0.05, 0) is 35.2 Å². The van der Waals surface area contributed by atoms with Crippen molar-refractivity contribution < 1.29 is 0 Å². The molecule has 19 heavy (non-hydrogen) atoms. The van der Waals surface area contributed by atoms with Crippen molar-refractivity contribution in [3.63, 3.8) is 0 Å². The molecule has 1 atom stereocenters. The predicted molar refractivity (Wildman–Crippen MR) is 88.3 cm³/mol. The average Bonchev–Trinajstić information content (AvgIpc) is 2.39. The zero-order valence-corrected chi connectivity index (χ0v) is 14.0. The van der Waals surface area contributed by atoms with Gasteiger partial charge in [-0.1, -0.05) is 75.5 Å². The maximum Gasteiger partial charge on any atom is 0.0562 e. The molecule has 0 aliphatic heterocycles. The summed E-state index contributed by atoms with van der Waals surface area (Å²) in [4.78, 5) is 0. The zero-order valence-electron chi connectivity index (χ0n) is 10.9. The first-order chi connectivity index (χ1) is 9.11. The van der Waals surface area contributed by atoms with E-state index >= 15 is 0 Å². The normalized spacial score (nSPS) is 12.4. The summed E-state index contributed by atoms with van der Waals surface area (Å²) < 4.78 is 2.08. The van der Waals surface area contributed by atoms with Gasteiger partial charge in [-0.2, -0.15) is 0 Å². The Morgan fingerprint density at radius 2 is 1.74 bits per heavy atom. The fourth-order valence-electron chi connectivity index (χ4n) is 2.11. The molecule has 3 heteroatoms. The molecule has 1 nitrogen and oxygen atoms in total. The van der Waals surface area contributed by atoms with Gasteiger partial charge in [-0.3, -0.25) is 0 Å². The topological polar surface area (TPSA) is 26.0 Å². The van der Waals surface area contributed by atoms with Gasteiger partial charge < -0.3 is 5.73 Å². The molecule has 2 rings (SSSR count). The minimum Gasteiger partial charge on any atom is -0.320 e. The van der Waals surface area contributed by atoms with Crippen molar-refractivity contribution in [2.45, 2.75) is 25.8 Å². The monoisotopic (exact) mass is 381 g/mol. The Morgan fingerprint density at radius 1 is 1.05 bits per heavy atom. The van der Waals surface area contributed by atoms with Crippen LogP contribution in [-0.4, -0.2) is 0 Å². The highest BCUT2D eigenvalue weighted by atomic mass is 79.9. The summed E-state index contributed by atoms with van der Waals surface area (Å²) in [7, 11) is 0. The zero-order chi connectivity index (χ0) is 13.8. The Labute approximate surface area is 131 Å². The summed E-state index contributed by atoms with van der Waals surface area (Å²) in [6, 6.07) is 14.6. The summed E-state index contributed by atoms with van der Waals surface area (Å²) in [5.41, 5.74) is 9.96. The molecule has 0 amide bonds. The van der Waals surface area contributed by atoms with Crippen LogP contribution < -0.4 is 5.73 Å². The summed E-state index contributed by atoms with van der Waals surface area (Å²) in [5, 5.41) is 0. The van der Waals surface area contributed by atoms with Crippen LogP contribution >= 0.6 is 31.9 Å². The molecule has 0 saturated heterocycles. The first-order valence-corrected chi connectivity index (χ1v) is 7.99. The van der Waals surface area contributed by atoms with Gasteiger partial charge in [0.15, 0.2) is 0 Å². The number of nitrogens with two attached hydrogens (primary N) is 1. The fraction of sp³-hybridized carbons (Fsp3) is 0.250. The molecule has 0 saturated carbocycles. The van der Waals surface area contributed by atoms with Crippen molar-refractivity contribution in [1.82, 2.24) is 0 Å². The Kier molecular flexibility index (Phi) is 5.20. The maximum absolute atomic E-state index is 6.35. The molecule has 0 radical (unpaired) electrons. The maximum atomic E-state index is 6.35. The van der Waals surface area contributed by atoms with Crippen LogP contribution in [0.3, 0.4) is 0 Å². The smallest absolute Gasteiger partial charge is 0.0562 e. The summed E-state index contributed by atoms with van der Waals surface area (Å²) in [5.74, 6) is 0. The highest BCUT2D eigenvalue weighted by molar-refractivity contribution is 9.11. The van der Waals surface area contributed by atoms with Gasteiger partial charge >= 0.3 is 0 Å². The largest absolute Gasteiger partial charge is 0.320 e. The number of hydrogen-bond donors (Lipinski definition) is 1. The van der Waals surface area contributed by atoms with E-state index in [1.54, 1.807) is 0 Å². The fourth-order valence-corrected chi connectivity index (χ4v) is 3.41. The van der Waals surface area contributed by atoms with Crippen LogP contribution in [0.1, 0.15) is 36.1 Å². The molecule has 2 aromatic carbocycles. The number of hydrogen-bond acceptors (Lipinski definition) is 1. The first kappa shape index (κ1) is 14.8. The van der Waals surface area contributed by atoms with Crippen LogP contribution in [0.25, 0.3) is 0 Å². The summed E-state index contributed by atoms with van der Waals surface area (Å²) in [6.07, 6.45) is 2.29. The van der Waals surface area contributed by atoms with E-state index in [4.69, 9.17) is 5.73 Å². The molecule has 0 bridgehead atoms. The number of benzene rings is 2. The third kappa shape index (κ3) is 3.68. The second-order valence-corrected chi connectivity index (χ2v) is 6.41. The molecular weight excluding hydrogens is 366 g/mol. The van der Waals surface area contributed by atoms with Crippen molar-refractivity contribution in [3.8, 4) is 0 Å². The summed E-state index contributed by atoms with van der Waals surface area (Å²) in [6.45, 7) is 2.19. The Balaban J connectivity index is 2.25. The van der Waals surface area contributed by atoms with Gasteiger partial charge in [0, 0.05) is 8.95 Å². The van der Waals surface area contributed by atoms with Crippen molar-refractivity contribution in [2.24, 2.45) is 5.73 Å². The third-order valence-corrected chi connectivity index (χ3v) is 4.36. The lowest BCUT2D eigenvalue weighted by atomic mass is 9.98. The van der Waals surface area contributed by atoms with E-state index in [2.05, 4.69) is 69.1 Å². The first-order valence-electron chi connectivity index (χ1n) is 6.41. The second-order valence-electron chi connectivity index (χ2n) is 4.64. The van der Waals surface area contributed by atoms with Crippen molar-refractivity contribution >= 4 is 31.9 Å². The van der Waals surface area contributed by atoms with E-state index < -0.39 is 0 Å². The van der Waals surface area contributed by atoms with Gasteiger partial charge in [0.1, 0.15) is 0 Å².